The van der Waals surface area contributed by atoms with E-state index in [1.807, 2.05) is 47.8 Å². The summed E-state index contributed by atoms with van der Waals surface area (Å²) in [6.45, 7) is 0. The average molecular weight is 439 g/mol. The van der Waals surface area contributed by atoms with Gasteiger partial charge in [-0.1, -0.05) is 12.1 Å². The number of nitrogens with one attached hydrogen (secondary N) is 1. The summed E-state index contributed by atoms with van der Waals surface area (Å²) in [5, 5.41) is 10.2. The van der Waals surface area contributed by atoms with Gasteiger partial charge in [-0.25, -0.2) is 8.42 Å². The average Bonchev–Trinajstić information content (AvgIpc) is 3.47. The Balaban J connectivity index is 1.51. The molecule has 4 heterocycles. The molecule has 152 valence electrons. The molecule has 0 radical (unpaired) electrons. The first-order chi connectivity index (χ1) is 14.5. The molecule has 1 aliphatic heterocycles. The molecule has 1 aliphatic rings. The highest BCUT2D eigenvalue weighted by Crippen LogP contribution is 2.32. The first-order valence-electron chi connectivity index (χ1n) is 9.49. The Labute approximate surface area is 177 Å². The van der Waals surface area contributed by atoms with Crippen molar-refractivity contribution >= 4 is 43.7 Å². The highest BCUT2D eigenvalue weighted by atomic mass is 32.2. The standard InChI is InChI=1S/C21H18N4O3S2/c26-21(23-17-6-1-5-16-15(17)4-2-9-22-16)18-12-19(20-7-3-10-29-20)25(24-18)14-8-11-30(27,28)13-14/h1-7,9-10,12,14H,8,11,13H2,(H,23,26). The highest BCUT2D eigenvalue weighted by molar-refractivity contribution is 7.91. The van der Waals surface area contributed by atoms with Gasteiger partial charge in [-0.2, -0.15) is 5.10 Å². The SMILES string of the molecule is O=C(Nc1cccc2ncccc12)c1cc(-c2cccs2)n(C2CCS(=O)(=O)C2)n1. The van der Waals surface area contributed by atoms with Crippen LogP contribution in [-0.4, -0.2) is 40.6 Å². The fourth-order valence-electron chi connectivity index (χ4n) is 3.76. The summed E-state index contributed by atoms with van der Waals surface area (Å²) in [4.78, 5) is 18.3. The molecule has 1 unspecified atom stereocenters. The molecule has 1 amide bonds. The molecule has 5 rings (SSSR count). The summed E-state index contributed by atoms with van der Waals surface area (Å²) in [7, 11) is -3.08. The Kier molecular flexibility index (Phi) is 4.63. The van der Waals surface area contributed by atoms with Crippen molar-refractivity contribution in [1.29, 1.82) is 0 Å². The summed E-state index contributed by atoms with van der Waals surface area (Å²) >= 11 is 1.53. The zero-order valence-electron chi connectivity index (χ0n) is 15.9. The molecule has 1 saturated heterocycles. The smallest absolute Gasteiger partial charge is 0.276 e. The van der Waals surface area contributed by atoms with Gasteiger partial charge in [0.15, 0.2) is 15.5 Å². The zero-order valence-corrected chi connectivity index (χ0v) is 17.5. The number of nitrogens with zero attached hydrogens (tertiary/aromatic N) is 3. The van der Waals surface area contributed by atoms with Crippen LogP contribution < -0.4 is 5.32 Å². The molecule has 0 spiro atoms. The first-order valence-corrected chi connectivity index (χ1v) is 12.2. The van der Waals surface area contributed by atoms with Gasteiger partial charge >= 0.3 is 0 Å². The molecule has 9 heteroatoms. The normalized spacial score (nSPS) is 17.9. The van der Waals surface area contributed by atoms with Crippen molar-refractivity contribution in [2.45, 2.75) is 12.5 Å². The topological polar surface area (TPSA) is 94.0 Å². The summed E-state index contributed by atoms with van der Waals surface area (Å²) in [6.07, 6.45) is 2.21. The Morgan fingerprint density at radius 2 is 2.07 bits per heavy atom. The van der Waals surface area contributed by atoms with Gasteiger partial charge in [-0.15, -0.1) is 11.3 Å². The van der Waals surface area contributed by atoms with Crippen LogP contribution in [0.1, 0.15) is 23.0 Å². The minimum absolute atomic E-state index is 0.0447. The third-order valence-electron chi connectivity index (χ3n) is 5.19. The lowest BCUT2D eigenvalue weighted by molar-refractivity contribution is 0.102. The minimum Gasteiger partial charge on any atom is -0.320 e. The molecule has 1 atom stereocenters. The van der Waals surface area contributed by atoms with Crippen LogP contribution in [-0.2, 0) is 9.84 Å². The van der Waals surface area contributed by atoms with E-state index in [9.17, 15) is 13.2 Å². The van der Waals surface area contributed by atoms with E-state index in [-0.39, 0.29) is 29.1 Å². The van der Waals surface area contributed by atoms with Crippen molar-refractivity contribution in [3.8, 4) is 10.6 Å². The van der Waals surface area contributed by atoms with Crippen LogP contribution in [0.2, 0.25) is 0 Å². The Morgan fingerprint density at radius 3 is 2.83 bits per heavy atom. The van der Waals surface area contributed by atoms with Crippen LogP contribution in [0.15, 0.2) is 60.1 Å². The maximum atomic E-state index is 13.0. The van der Waals surface area contributed by atoms with E-state index in [4.69, 9.17) is 0 Å². The number of fused-ring (bicyclic) bond motifs is 1. The number of thiophene rings is 1. The van der Waals surface area contributed by atoms with Crippen LogP contribution in [0, 0.1) is 0 Å². The molecule has 0 bridgehead atoms. The fraction of sp³-hybridized carbons (Fsp3) is 0.190. The van der Waals surface area contributed by atoms with E-state index < -0.39 is 9.84 Å². The molecule has 4 aromatic rings. The molecule has 7 nitrogen and oxygen atoms in total. The molecule has 1 fully saturated rings. The van der Waals surface area contributed by atoms with Crippen LogP contribution in [0.25, 0.3) is 21.5 Å². The predicted molar refractivity (Wildman–Crippen MR) is 118 cm³/mol. The van der Waals surface area contributed by atoms with Gasteiger partial charge in [-0.05, 0) is 48.2 Å². The van der Waals surface area contributed by atoms with Gasteiger partial charge in [0.25, 0.3) is 5.91 Å². The van der Waals surface area contributed by atoms with Crippen molar-refractivity contribution in [2.24, 2.45) is 0 Å². The quantitative estimate of drug-likeness (QED) is 0.523. The zero-order chi connectivity index (χ0) is 20.7. The van der Waals surface area contributed by atoms with E-state index in [1.165, 1.54) is 11.3 Å². The molecule has 0 saturated carbocycles. The third kappa shape index (κ3) is 3.50. The second-order valence-electron chi connectivity index (χ2n) is 7.22. The lowest BCUT2D eigenvalue weighted by Crippen LogP contribution is -2.16. The first kappa shape index (κ1) is 19.0. The van der Waals surface area contributed by atoms with Crippen molar-refractivity contribution in [2.75, 3.05) is 16.8 Å². The number of carbonyl (C=O) groups is 1. The van der Waals surface area contributed by atoms with Gasteiger partial charge in [0.2, 0.25) is 0 Å². The summed E-state index contributed by atoms with van der Waals surface area (Å²) < 4.78 is 25.7. The van der Waals surface area contributed by atoms with Crippen molar-refractivity contribution in [3.05, 3.63) is 65.8 Å². The molecule has 0 aliphatic carbocycles. The van der Waals surface area contributed by atoms with E-state index in [1.54, 1.807) is 16.9 Å². The van der Waals surface area contributed by atoms with E-state index >= 15 is 0 Å². The van der Waals surface area contributed by atoms with Crippen LogP contribution in [0.3, 0.4) is 0 Å². The van der Waals surface area contributed by atoms with Crippen molar-refractivity contribution < 1.29 is 13.2 Å². The van der Waals surface area contributed by atoms with Gasteiger partial charge < -0.3 is 5.32 Å². The predicted octanol–water partition coefficient (Wildman–Crippen LogP) is 3.77. The number of carbonyl (C=O) groups excluding carboxylic acids is 1. The Morgan fingerprint density at radius 1 is 1.17 bits per heavy atom. The molecular formula is C21H18N4O3S2. The number of anilines is 1. The summed E-state index contributed by atoms with van der Waals surface area (Å²) in [5.74, 6) is -0.154. The Bertz CT molecular complexity index is 1340. The van der Waals surface area contributed by atoms with Gasteiger partial charge in [0.05, 0.1) is 39.3 Å². The summed E-state index contributed by atoms with van der Waals surface area (Å²) in [6, 6.07) is 14.6. The molecule has 30 heavy (non-hydrogen) atoms. The number of pyridine rings is 1. The second kappa shape index (κ2) is 7.33. The second-order valence-corrected chi connectivity index (χ2v) is 10.4. The fourth-order valence-corrected chi connectivity index (χ4v) is 6.19. The largest absolute Gasteiger partial charge is 0.320 e. The van der Waals surface area contributed by atoms with Crippen molar-refractivity contribution in [1.82, 2.24) is 14.8 Å². The number of rotatable bonds is 4. The molecular weight excluding hydrogens is 420 g/mol. The Hall–Kier alpha value is -3.04. The van der Waals surface area contributed by atoms with Crippen LogP contribution in [0.4, 0.5) is 5.69 Å². The van der Waals surface area contributed by atoms with E-state index in [0.29, 0.717) is 12.1 Å². The van der Waals surface area contributed by atoms with Gasteiger partial charge in [0.1, 0.15) is 0 Å². The summed E-state index contributed by atoms with van der Waals surface area (Å²) in [5.41, 5.74) is 2.46. The third-order valence-corrected chi connectivity index (χ3v) is 7.83. The number of aromatic nitrogens is 3. The van der Waals surface area contributed by atoms with Gasteiger partial charge in [-0.3, -0.25) is 14.5 Å². The van der Waals surface area contributed by atoms with Crippen LogP contribution >= 0.6 is 11.3 Å². The lowest BCUT2D eigenvalue weighted by atomic mass is 10.2. The van der Waals surface area contributed by atoms with Crippen molar-refractivity contribution in [3.63, 3.8) is 0 Å². The number of sulfone groups is 1. The van der Waals surface area contributed by atoms with E-state index in [0.717, 1.165) is 21.5 Å². The number of amides is 1. The van der Waals surface area contributed by atoms with Gasteiger partial charge in [0, 0.05) is 11.6 Å². The minimum atomic E-state index is -3.08. The maximum absolute atomic E-state index is 13.0. The monoisotopic (exact) mass is 438 g/mol. The van der Waals surface area contributed by atoms with Crippen LogP contribution in [0.5, 0.6) is 0 Å². The molecule has 3 aromatic heterocycles. The maximum Gasteiger partial charge on any atom is 0.276 e. The van der Waals surface area contributed by atoms with E-state index in [2.05, 4.69) is 15.4 Å². The number of hydrogen-bond donors (Lipinski definition) is 1. The molecule has 1 N–H and O–H groups in total. The number of benzene rings is 1. The molecule has 1 aromatic carbocycles. The highest BCUT2D eigenvalue weighted by Gasteiger charge is 2.32. The lowest BCUT2D eigenvalue weighted by Gasteiger charge is -2.12. The number of hydrogen-bond acceptors (Lipinski definition) is 6.